The molecule has 1 aromatic rings. The fourth-order valence-corrected chi connectivity index (χ4v) is 1.49. The van der Waals surface area contributed by atoms with Crippen LogP contribution in [0, 0.1) is 11.3 Å². The first kappa shape index (κ1) is 14.9. The summed E-state index contributed by atoms with van der Waals surface area (Å²) in [5.41, 5.74) is 0. The Hall–Kier alpha value is -2.13. The van der Waals surface area contributed by atoms with Gasteiger partial charge in [0.25, 0.3) is 0 Å². The van der Waals surface area contributed by atoms with Gasteiger partial charge < -0.3 is 14.8 Å². The van der Waals surface area contributed by atoms with E-state index in [0.29, 0.717) is 18.9 Å². The number of aromatic nitrogens is 2. The Morgan fingerprint density at radius 2 is 2.42 bits per heavy atom. The van der Waals surface area contributed by atoms with Crippen LogP contribution in [0.15, 0.2) is 24.5 Å². The van der Waals surface area contributed by atoms with Crippen molar-refractivity contribution < 1.29 is 4.79 Å². The molecule has 0 aromatic carbocycles. The number of likely N-dealkylation sites (N-methyl/N-ethyl adjacent to an activating group) is 1. The number of rotatable bonds is 7. The molecule has 0 saturated carbocycles. The molecule has 0 aliphatic heterocycles. The van der Waals surface area contributed by atoms with Crippen LogP contribution in [0.2, 0.25) is 0 Å². The highest BCUT2D eigenvalue weighted by Gasteiger charge is 2.00. The summed E-state index contributed by atoms with van der Waals surface area (Å²) in [5.74, 6) is 0.310. The van der Waals surface area contributed by atoms with Crippen molar-refractivity contribution in [1.29, 1.82) is 5.26 Å². The van der Waals surface area contributed by atoms with E-state index in [1.807, 2.05) is 31.1 Å². The summed E-state index contributed by atoms with van der Waals surface area (Å²) in [6, 6.07) is 2.01. The van der Waals surface area contributed by atoms with Crippen molar-refractivity contribution in [2.24, 2.45) is 0 Å². The van der Waals surface area contributed by atoms with Crippen molar-refractivity contribution in [1.82, 2.24) is 19.8 Å². The first-order chi connectivity index (χ1) is 9.13. The lowest BCUT2D eigenvalue weighted by Gasteiger charge is -2.05. The van der Waals surface area contributed by atoms with Crippen molar-refractivity contribution >= 4 is 5.91 Å². The van der Waals surface area contributed by atoms with Crippen molar-refractivity contribution in [3.8, 4) is 6.07 Å². The lowest BCUT2D eigenvalue weighted by Crippen LogP contribution is -2.23. The Bertz CT molecular complexity index is 470. The van der Waals surface area contributed by atoms with Gasteiger partial charge in [0.15, 0.2) is 0 Å². The molecular weight excluding hydrogens is 242 g/mol. The number of imidazole rings is 1. The molecule has 1 aromatic heterocycles. The minimum Gasteiger partial charge on any atom is -0.352 e. The quantitative estimate of drug-likeness (QED) is 0.569. The first-order valence-electron chi connectivity index (χ1n) is 6.14. The zero-order valence-corrected chi connectivity index (χ0v) is 11.3. The molecule has 6 nitrogen and oxygen atoms in total. The second-order valence-corrected chi connectivity index (χ2v) is 4.37. The summed E-state index contributed by atoms with van der Waals surface area (Å²) in [6.07, 6.45) is 7.48. The van der Waals surface area contributed by atoms with Gasteiger partial charge in [-0.1, -0.05) is 6.08 Å². The molecule has 1 N–H and O–H groups in total. The summed E-state index contributed by atoms with van der Waals surface area (Å²) < 4.78 is 1.77. The molecule has 0 atom stereocenters. The molecule has 6 heteroatoms. The van der Waals surface area contributed by atoms with Crippen molar-refractivity contribution in [2.45, 2.75) is 13.0 Å². The van der Waals surface area contributed by atoms with Gasteiger partial charge in [0, 0.05) is 38.1 Å². The third-order valence-electron chi connectivity index (χ3n) is 2.43. The van der Waals surface area contributed by atoms with Gasteiger partial charge in [-0.05, 0) is 20.5 Å². The van der Waals surface area contributed by atoms with Crippen LogP contribution in [0.3, 0.4) is 0 Å². The third-order valence-corrected chi connectivity index (χ3v) is 2.43. The number of nitrogens with one attached hydrogen (secondary N) is 1. The molecule has 0 aliphatic carbocycles. The molecular formula is C13H19N5O. The van der Waals surface area contributed by atoms with Crippen LogP contribution < -0.4 is 5.32 Å². The number of hydrogen-bond acceptors (Lipinski definition) is 4. The number of aryl methyl sites for hydroxylation is 1. The van der Waals surface area contributed by atoms with E-state index in [-0.39, 0.29) is 5.91 Å². The van der Waals surface area contributed by atoms with E-state index in [9.17, 15) is 4.79 Å². The molecule has 19 heavy (non-hydrogen) atoms. The van der Waals surface area contributed by atoms with E-state index in [0.717, 1.165) is 13.0 Å². The van der Waals surface area contributed by atoms with E-state index >= 15 is 0 Å². The van der Waals surface area contributed by atoms with Crippen LogP contribution in [0.1, 0.15) is 12.2 Å². The van der Waals surface area contributed by atoms with Crippen molar-refractivity contribution in [3.05, 3.63) is 30.4 Å². The van der Waals surface area contributed by atoms with Gasteiger partial charge in [-0.25, -0.2) is 4.98 Å². The largest absolute Gasteiger partial charge is 0.352 e. The van der Waals surface area contributed by atoms with Gasteiger partial charge in [-0.2, -0.15) is 5.26 Å². The van der Waals surface area contributed by atoms with Crippen LogP contribution in [0.25, 0.3) is 0 Å². The second-order valence-electron chi connectivity index (χ2n) is 4.37. The molecule has 0 fully saturated rings. The van der Waals surface area contributed by atoms with Crippen molar-refractivity contribution in [3.63, 3.8) is 0 Å². The van der Waals surface area contributed by atoms with Gasteiger partial charge in [-0.15, -0.1) is 0 Å². The topological polar surface area (TPSA) is 74.0 Å². The van der Waals surface area contributed by atoms with E-state index < -0.39 is 0 Å². The Labute approximate surface area is 113 Å². The average molecular weight is 261 g/mol. The minimum atomic E-state index is -0.0898. The number of carbonyl (C=O) groups excluding carboxylic acids is 1. The van der Waals surface area contributed by atoms with Crippen LogP contribution in [-0.4, -0.2) is 47.5 Å². The van der Waals surface area contributed by atoms with E-state index in [1.165, 1.54) is 6.08 Å². The van der Waals surface area contributed by atoms with Gasteiger partial charge in [0.2, 0.25) is 11.7 Å². The molecule has 0 saturated heterocycles. The molecule has 1 heterocycles. The van der Waals surface area contributed by atoms with E-state index in [4.69, 9.17) is 5.26 Å². The molecule has 1 amide bonds. The molecule has 0 radical (unpaired) electrons. The molecule has 0 unspecified atom stereocenters. The number of nitrogens with zero attached hydrogens (tertiary/aromatic N) is 4. The summed E-state index contributed by atoms with van der Waals surface area (Å²) in [5, 5.41) is 11.6. The number of carbonyl (C=O) groups is 1. The van der Waals surface area contributed by atoms with E-state index in [2.05, 4.69) is 10.3 Å². The van der Waals surface area contributed by atoms with Crippen LogP contribution in [-0.2, 0) is 11.3 Å². The van der Waals surface area contributed by atoms with Crippen LogP contribution in [0.4, 0.5) is 0 Å². The maximum absolute atomic E-state index is 11.4. The maximum Gasteiger partial charge on any atom is 0.243 e. The van der Waals surface area contributed by atoms with Gasteiger partial charge in [0.1, 0.15) is 6.07 Å². The molecule has 0 spiro atoms. The minimum absolute atomic E-state index is 0.0898. The average Bonchev–Trinajstić information content (AvgIpc) is 2.81. The monoisotopic (exact) mass is 261 g/mol. The summed E-state index contributed by atoms with van der Waals surface area (Å²) >= 11 is 0. The fraction of sp³-hybridized carbons (Fsp3) is 0.462. The first-order valence-corrected chi connectivity index (χ1v) is 6.14. The highest BCUT2D eigenvalue weighted by Crippen LogP contribution is 1.96. The highest BCUT2D eigenvalue weighted by atomic mass is 16.1. The van der Waals surface area contributed by atoms with Gasteiger partial charge in [0.05, 0.1) is 0 Å². The Balaban J connectivity index is 2.19. The zero-order valence-electron chi connectivity index (χ0n) is 11.3. The van der Waals surface area contributed by atoms with Gasteiger partial charge >= 0.3 is 0 Å². The summed E-state index contributed by atoms with van der Waals surface area (Å²) in [4.78, 5) is 17.3. The highest BCUT2D eigenvalue weighted by molar-refractivity contribution is 5.87. The fourth-order valence-electron chi connectivity index (χ4n) is 1.49. The summed E-state index contributed by atoms with van der Waals surface area (Å²) in [6.45, 7) is 1.99. The van der Waals surface area contributed by atoms with Gasteiger partial charge in [-0.3, -0.25) is 4.79 Å². The standard InChI is InChI=1S/C13H19N5O/c1-17(2)8-3-5-13(19)16-6-4-9-18-10-7-15-12(18)11-14/h3,5,7,10H,4,6,8-9H2,1-2H3,(H,16,19)/b5-3+. The number of amides is 1. The van der Waals surface area contributed by atoms with Crippen LogP contribution in [0.5, 0.6) is 0 Å². The Morgan fingerprint density at radius 1 is 1.63 bits per heavy atom. The molecule has 0 bridgehead atoms. The van der Waals surface area contributed by atoms with Crippen LogP contribution >= 0.6 is 0 Å². The smallest absolute Gasteiger partial charge is 0.243 e. The normalized spacial score (nSPS) is 10.8. The Morgan fingerprint density at radius 3 is 3.11 bits per heavy atom. The lowest BCUT2D eigenvalue weighted by molar-refractivity contribution is -0.116. The Kier molecular flexibility index (Phi) is 6.33. The molecule has 102 valence electrons. The SMILES string of the molecule is CN(C)C/C=C/C(=O)NCCCn1ccnc1C#N. The number of nitriles is 1. The zero-order chi connectivity index (χ0) is 14.1. The second kappa shape index (κ2) is 8.06. The lowest BCUT2D eigenvalue weighted by atomic mass is 10.4. The van der Waals surface area contributed by atoms with E-state index in [1.54, 1.807) is 17.0 Å². The third kappa shape index (κ3) is 5.84. The maximum atomic E-state index is 11.4. The molecule has 1 rings (SSSR count). The molecule has 0 aliphatic rings. The predicted octanol–water partition coefficient (Wildman–Crippen LogP) is 0.379. The predicted molar refractivity (Wildman–Crippen MR) is 72.3 cm³/mol. The van der Waals surface area contributed by atoms with Crippen molar-refractivity contribution in [2.75, 3.05) is 27.2 Å². The number of hydrogen-bond donors (Lipinski definition) is 1. The summed E-state index contributed by atoms with van der Waals surface area (Å²) in [7, 11) is 3.89.